The fourth-order valence-corrected chi connectivity index (χ4v) is 2.02. The van der Waals surface area contributed by atoms with Crippen molar-refractivity contribution >= 4 is 17.1 Å². The molecule has 0 atom stereocenters. The van der Waals surface area contributed by atoms with Gasteiger partial charge in [-0.15, -0.1) is 0 Å². The molecule has 0 unspecified atom stereocenters. The molecule has 10 heteroatoms. The van der Waals surface area contributed by atoms with Crippen molar-refractivity contribution < 1.29 is 19.5 Å². The predicted octanol–water partition coefficient (Wildman–Crippen LogP) is 2.72. The van der Waals surface area contributed by atoms with Gasteiger partial charge in [0.2, 0.25) is 0 Å². The number of methoxy groups -OCH3 is 1. The van der Waals surface area contributed by atoms with Crippen molar-refractivity contribution in [3.8, 4) is 5.75 Å². The Kier molecular flexibility index (Phi) is 4.11. The fourth-order valence-electron chi connectivity index (χ4n) is 2.02. The largest absolute Gasteiger partial charge is 0.485 e. The molecule has 21 heavy (non-hydrogen) atoms. The molecule has 114 valence electrons. The minimum Gasteiger partial charge on any atom is -0.485 e. The molecule has 0 aliphatic heterocycles. The summed E-state index contributed by atoms with van der Waals surface area (Å²) in [5, 5.41) is 33.4. The van der Waals surface area contributed by atoms with Crippen LogP contribution in [0.25, 0.3) is 0 Å². The van der Waals surface area contributed by atoms with Crippen molar-refractivity contribution in [2.24, 2.45) is 0 Å². The van der Waals surface area contributed by atoms with E-state index in [1.807, 2.05) is 0 Å². The van der Waals surface area contributed by atoms with Crippen LogP contribution in [0.1, 0.15) is 26.3 Å². The van der Waals surface area contributed by atoms with Gasteiger partial charge in [0.1, 0.15) is 5.56 Å². The summed E-state index contributed by atoms with van der Waals surface area (Å²) in [5.41, 5.74) is -3.45. The second-order valence-electron chi connectivity index (χ2n) is 5.19. The van der Waals surface area contributed by atoms with E-state index in [2.05, 4.69) is 0 Å². The minimum atomic E-state index is -0.979. The van der Waals surface area contributed by atoms with E-state index in [1.165, 1.54) is 20.8 Å². The van der Waals surface area contributed by atoms with Gasteiger partial charge < -0.3 is 4.74 Å². The maximum atomic E-state index is 11.3. The molecule has 0 aliphatic rings. The van der Waals surface area contributed by atoms with Crippen molar-refractivity contribution in [1.82, 2.24) is 0 Å². The topological polar surface area (TPSA) is 139 Å². The van der Waals surface area contributed by atoms with Gasteiger partial charge in [-0.1, -0.05) is 20.8 Å². The van der Waals surface area contributed by atoms with Crippen LogP contribution < -0.4 is 4.74 Å². The van der Waals surface area contributed by atoms with Crippen molar-refractivity contribution in [3.05, 3.63) is 42.0 Å². The minimum absolute atomic E-state index is 0.222. The van der Waals surface area contributed by atoms with Gasteiger partial charge in [-0.05, 0) is 0 Å². The Bertz CT molecular complexity index is 634. The van der Waals surface area contributed by atoms with E-state index in [1.54, 1.807) is 0 Å². The van der Waals surface area contributed by atoms with Crippen LogP contribution in [0.4, 0.5) is 17.1 Å². The number of hydrogen-bond acceptors (Lipinski definition) is 7. The second kappa shape index (κ2) is 5.31. The summed E-state index contributed by atoms with van der Waals surface area (Å²) in [6.07, 6.45) is 0. The quantitative estimate of drug-likeness (QED) is 0.615. The van der Waals surface area contributed by atoms with Gasteiger partial charge in [0.25, 0.3) is 11.4 Å². The van der Waals surface area contributed by atoms with E-state index in [4.69, 9.17) is 4.74 Å². The molecule has 0 aliphatic carbocycles. The van der Waals surface area contributed by atoms with Crippen LogP contribution in [0.5, 0.6) is 5.75 Å². The Morgan fingerprint density at radius 2 is 1.43 bits per heavy atom. The molecular weight excluding hydrogens is 286 g/mol. The van der Waals surface area contributed by atoms with Crippen LogP contribution in [-0.4, -0.2) is 21.9 Å². The van der Waals surface area contributed by atoms with E-state index in [0.29, 0.717) is 6.07 Å². The maximum absolute atomic E-state index is 11.3. The molecule has 0 N–H and O–H groups in total. The summed E-state index contributed by atoms with van der Waals surface area (Å²) in [6.45, 7) is 4.61. The smallest absolute Gasteiger partial charge is 0.328 e. The Balaban J connectivity index is 4.05. The lowest BCUT2D eigenvalue weighted by molar-refractivity contribution is -0.405. The zero-order chi connectivity index (χ0) is 16.5. The highest BCUT2D eigenvalue weighted by Gasteiger charge is 2.42. The van der Waals surface area contributed by atoms with Gasteiger partial charge in [0.15, 0.2) is 0 Å². The predicted molar refractivity (Wildman–Crippen MR) is 71.7 cm³/mol. The molecule has 1 rings (SSSR count). The highest BCUT2D eigenvalue weighted by molar-refractivity contribution is 5.72. The molecule has 1 aromatic rings. The number of benzene rings is 1. The molecular formula is C11H13N3O7. The lowest BCUT2D eigenvalue weighted by atomic mass is 9.84. The Labute approximate surface area is 118 Å². The molecule has 0 heterocycles. The fraction of sp³-hybridized carbons (Fsp3) is 0.455. The van der Waals surface area contributed by atoms with Crippen molar-refractivity contribution in [1.29, 1.82) is 0 Å². The average Bonchev–Trinajstić information content (AvgIpc) is 2.34. The lowest BCUT2D eigenvalue weighted by Crippen LogP contribution is -2.17. The summed E-state index contributed by atoms with van der Waals surface area (Å²) in [5.74, 6) is -0.597. The highest BCUT2D eigenvalue weighted by atomic mass is 16.6. The number of nitro groups is 3. The molecule has 0 spiro atoms. The van der Waals surface area contributed by atoms with E-state index >= 15 is 0 Å². The maximum Gasteiger partial charge on any atom is 0.328 e. The lowest BCUT2D eigenvalue weighted by Gasteiger charge is -2.19. The number of nitro benzene ring substituents is 3. The molecule has 10 nitrogen and oxygen atoms in total. The standard InChI is InChI=1S/C11H13N3O7/c1-11(2,3)8-6(12(15)16)5-7(13(17)18)10(21-4)9(8)14(19)20/h5H,1-4H3. The number of rotatable bonds is 4. The average molecular weight is 299 g/mol. The Morgan fingerprint density at radius 1 is 0.952 bits per heavy atom. The van der Waals surface area contributed by atoms with Crippen molar-refractivity contribution in [2.45, 2.75) is 26.2 Å². The first kappa shape index (κ1) is 16.3. The van der Waals surface area contributed by atoms with Gasteiger partial charge in [-0.25, -0.2) is 0 Å². The first-order chi connectivity index (χ1) is 9.52. The zero-order valence-corrected chi connectivity index (χ0v) is 11.8. The molecule has 0 bridgehead atoms. The molecule has 0 saturated carbocycles. The third-order valence-corrected chi connectivity index (χ3v) is 2.74. The van der Waals surface area contributed by atoms with Gasteiger partial charge in [0, 0.05) is 5.41 Å². The number of nitrogens with zero attached hydrogens (tertiary/aromatic N) is 3. The molecule has 1 aromatic carbocycles. The summed E-state index contributed by atoms with van der Waals surface area (Å²) in [4.78, 5) is 30.7. The van der Waals surface area contributed by atoms with Crippen LogP contribution >= 0.6 is 0 Å². The molecule has 0 amide bonds. The van der Waals surface area contributed by atoms with Gasteiger partial charge in [0.05, 0.1) is 27.9 Å². The van der Waals surface area contributed by atoms with Crippen LogP contribution in [0.2, 0.25) is 0 Å². The third-order valence-electron chi connectivity index (χ3n) is 2.74. The van der Waals surface area contributed by atoms with Crippen LogP contribution in [0.15, 0.2) is 6.07 Å². The Morgan fingerprint density at radius 3 is 1.71 bits per heavy atom. The van der Waals surface area contributed by atoms with Crippen LogP contribution in [0, 0.1) is 30.3 Å². The highest BCUT2D eigenvalue weighted by Crippen LogP contribution is 2.48. The van der Waals surface area contributed by atoms with E-state index in [9.17, 15) is 30.3 Å². The number of ether oxygens (including phenoxy) is 1. The van der Waals surface area contributed by atoms with Crippen LogP contribution in [-0.2, 0) is 5.41 Å². The zero-order valence-electron chi connectivity index (χ0n) is 11.8. The SMILES string of the molecule is COc1c([N+](=O)[O-])cc([N+](=O)[O-])c(C(C)(C)C)c1[N+](=O)[O-]. The summed E-state index contributed by atoms with van der Waals surface area (Å²) in [7, 11) is 1.04. The second-order valence-corrected chi connectivity index (χ2v) is 5.19. The third kappa shape index (κ3) is 2.88. The molecule has 0 fully saturated rings. The number of hydrogen-bond donors (Lipinski definition) is 0. The monoisotopic (exact) mass is 299 g/mol. The van der Waals surface area contributed by atoms with E-state index in [-0.39, 0.29) is 5.56 Å². The Hall–Kier alpha value is -2.78. The van der Waals surface area contributed by atoms with E-state index in [0.717, 1.165) is 7.11 Å². The summed E-state index contributed by atoms with van der Waals surface area (Å²) < 4.78 is 4.76. The van der Waals surface area contributed by atoms with E-state index < -0.39 is 43.0 Å². The van der Waals surface area contributed by atoms with Crippen molar-refractivity contribution in [2.75, 3.05) is 7.11 Å². The molecule has 0 radical (unpaired) electrons. The summed E-state index contributed by atoms with van der Waals surface area (Å²) in [6, 6.07) is 0.687. The first-order valence-corrected chi connectivity index (χ1v) is 5.71. The summed E-state index contributed by atoms with van der Waals surface area (Å²) >= 11 is 0. The van der Waals surface area contributed by atoms with Gasteiger partial charge in [-0.3, -0.25) is 30.3 Å². The molecule has 0 aromatic heterocycles. The van der Waals surface area contributed by atoms with Gasteiger partial charge in [-0.2, -0.15) is 0 Å². The van der Waals surface area contributed by atoms with Crippen LogP contribution in [0.3, 0.4) is 0 Å². The first-order valence-electron chi connectivity index (χ1n) is 5.71. The van der Waals surface area contributed by atoms with Gasteiger partial charge >= 0.3 is 11.4 Å². The molecule has 0 saturated heterocycles. The normalized spacial score (nSPS) is 11.0. The van der Waals surface area contributed by atoms with Crippen molar-refractivity contribution in [3.63, 3.8) is 0 Å².